The average molecular weight is 197 g/mol. The van der Waals surface area contributed by atoms with Gasteiger partial charge < -0.3 is 5.32 Å². The van der Waals surface area contributed by atoms with Gasteiger partial charge in [0.05, 0.1) is 0 Å². The minimum Gasteiger partial charge on any atom is -0.317 e. The van der Waals surface area contributed by atoms with Crippen LogP contribution in [0.15, 0.2) is 0 Å². The van der Waals surface area contributed by atoms with Gasteiger partial charge in [0.1, 0.15) is 0 Å². The number of nitrogens with one attached hydrogen (secondary N) is 1. The Hall–Kier alpha value is -0.0400. The lowest BCUT2D eigenvalue weighted by atomic mass is 9.73. The average Bonchev–Trinajstić information content (AvgIpc) is 2.17. The van der Waals surface area contributed by atoms with E-state index in [1.807, 2.05) is 0 Å². The summed E-state index contributed by atoms with van der Waals surface area (Å²) in [7, 11) is 0. The second-order valence-corrected chi connectivity index (χ2v) is 5.01. The summed E-state index contributed by atoms with van der Waals surface area (Å²) in [6.07, 6.45) is 7.24. The van der Waals surface area contributed by atoms with Crippen LogP contribution in [0.2, 0.25) is 0 Å². The van der Waals surface area contributed by atoms with Crippen molar-refractivity contribution in [3.63, 3.8) is 0 Å². The van der Waals surface area contributed by atoms with Gasteiger partial charge in [-0.3, -0.25) is 0 Å². The standard InChI is InChI=1S/C13H27N/c1-4-6-12-7-8-13(10-14-5-2)11(3)9-12/h11-14H,4-10H2,1-3H3. The largest absolute Gasteiger partial charge is 0.317 e. The predicted octanol–water partition coefficient (Wildman–Crippen LogP) is 3.45. The maximum absolute atomic E-state index is 3.50. The minimum absolute atomic E-state index is 0.944. The van der Waals surface area contributed by atoms with Gasteiger partial charge in [-0.25, -0.2) is 0 Å². The number of hydrogen-bond acceptors (Lipinski definition) is 1. The van der Waals surface area contributed by atoms with Gasteiger partial charge in [-0.05, 0) is 43.7 Å². The first kappa shape index (κ1) is 12.0. The molecule has 0 saturated heterocycles. The van der Waals surface area contributed by atoms with E-state index in [1.54, 1.807) is 0 Å². The van der Waals surface area contributed by atoms with E-state index in [4.69, 9.17) is 0 Å². The van der Waals surface area contributed by atoms with Gasteiger partial charge in [0.15, 0.2) is 0 Å². The lowest BCUT2D eigenvalue weighted by Gasteiger charge is -2.34. The molecular formula is C13H27N. The third-order valence-electron chi connectivity index (χ3n) is 3.81. The second-order valence-electron chi connectivity index (χ2n) is 5.01. The number of rotatable bonds is 5. The molecule has 3 atom stereocenters. The first-order valence-corrected chi connectivity index (χ1v) is 6.48. The topological polar surface area (TPSA) is 12.0 Å². The molecule has 1 N–H and O–H groups in total. The molecule has 0 bridgehead atoms. The van der Waals surface area contributed by atoms with Crippen LogP contribution < -0.4 is 5.32 Å². The van der Waals surface area contributed by atoms with Gasteiger partial charge in [-0.15, -0.1) is 0 Å². The van der Waals surface area contributed by atoms with Gasteiger partial charge in [-0.2, -0.15) is 0 Å². The van der Waals surface area contributed by atoms with Gasteiger partial charge in [0.25, 0.3) is 0 Å². The summed E-state index contributed by atoms with van der Waals surface area (Å²) in [6.45, 7) is 9.34. The Morgan fingerprint density at radius 1 is 1.21 bits per heavy atom. The van der Waals surface area contributed by atoms with Crippen molar-refractivity contribution < 1.29 is 0 Å². The summed E-state index contributed by atoms with van der Waals surface area (Å²) in [6, 6.07) is 0. The first-order chi connectivity index (χ1) is 6.77. The summed E-state index contributed by atoms with van der Waals surface area (Å²) in [4.78, 5) is 0. The molecule has 1 aliphatic carbocycles. The lowest BCUT2D eigenvalue weighted by molar-refractivity contribution is 0.183. The van der Waals surface area contributed by atoms with E-state index in [1.165, 1.54) is 38.6 Å². The molecule has 0 amide bonds. The molecule has 1 rings (SSSR count). The minimum atomic E-state index is 0.944. The molecule has 0 heterocycles. The van der Waals surface area contributed by atoms with Crippen LogP contribution in [0.3, 0.4) is 0 Å². The molecule has 84 valence electrons. The van der Waals surface area contributed by atoms with E-state index < -0.39 is 0 Å². The van der Waals surface area contributed by atoms with Crippen molar-refractivity contribution >= 4 is 0 Å². The molecule has 0 aromatic rings. The molecule has 0 aromatic heterocycles. The zero-order chi connectivity index (χ0) is 10.4. The van der Waals surface area contributed by atoms with Gasteiger partial charge in [0, 0.05) is 0 Å². The van der Waals surface area contributed by atoms with E-state index >= 15 is 0 Å². The smallest absolute Gasteiger partial charge is 0.00181 e. The highest BCUT2D eigenvalue weighted by molar-refractivity contribution is 4.78. The summed E-state index contributed by atoms with van der Waals surface area (Å²) >= 11 is 0. The molecule has 1 saturated carbocycles. The summed E-state index contributed by atoms with van der Waals surface area (Å²) in [5.41, 5.74) is 0. The zero-order valence-electron chi connectivity index (χ0n) is 10.2. The molecule has 3 unspecified atom stereocenters. The Kier molecular flexibility index (Phi) is 5.54. The van der Waals surface area contributed by atoms with Crippen LogP contribution in [-0.2, 0) is 0 Å². The molecule has 1 nitrogen and oxygen atoms in total. The van der Waals surface area contributed by atoms with Crippen molar-refractivity contribution in [3.05, 3.63) is 0 Å². The van der Waals surface area contributed by atoms with Crippen LogP contribution in [0, 0.1) is 17.8 Å². The van der Waals surface area contributed by atoms with E-state index in [-0.39, 0.29) is 0 Å². The molecule has 1 aliphatic rings. The first-order valence-electron chi connectivity index (χ1n) is 6.48. The zero-order valence-corrected chi connectivity index (χ0v) is 10.2. The van der Waals surface area contributed by atoms with Crippen LogP contribution in [0.4, 0.5) is 0 Å². The number of hydrogen-bond donors (Lipinski definition) is 1. The maximum Gasteiger partial charge on any atom is -0.00181 e. The van der Waals surface area contributed by atoms with Crippen LogP contribution in [-0.4, -0.2) is 13.1 Å². The van der Waals surface area contributed by atoms with Crippen LogP contribution in [0.5, 0.6) is 0 Å². The molecule has 1 heteroatoms. The summed E-state index contributed by atoms with van der Waals surface area (Å²) < 4.78 is 0. The predicted molar refractivity (Wildman–Crippen MR) is 63.4 cm³/mol. The van der Waals surface area contributed by atoms with Crippen molar-refractivity contribution in [1.29, 1.82) is 0 Å². The van der Waals surface area contributed by atoms with Crippen LogP contribution >= 0.6 is 0 Å². The van der Waals surface area contributed by atoms with E-state index in [0.717, 1.165) is 24.3 Å². The van der Waals surface area contributed by atoms with Gasteiger partial charge >= 0.3 is 0 Å². The molecule has 0 spiro atoms. The molecule has 1 fully saturated rings. The molecule has 0 aromatic carbocycles. The fourth-order valence-electron chi connectivity index (χ4n) is 2.87. The highest BCUT2D eigenvalue weighted by Crippen LogP contribution is 2.35. The van der Waals surface area contributed by atoms with Crippen molar-refractivity contribution in [1.82, 2.24) is 5.32 Å². The van der Waals surface area contributed by atoms with Crippen LogP contribution in [0.25, 0.3) is 0 Å². The Bertz CT molecular complexity index is 144. The van der Waals surface area contributed by atoms with Crippen molar-refractivity contribution in [2.24, 2.45) is 17.8 Å². The Morgan fingerprint density at radius 2 is 2.00 bits per heavy atom. The van der Waals surface area contributed by atoms with Gasteiger partial charge in [0.2, 0.25) is 0 Å². The van der Waals surface area contributed by atoms with Crippen molar-refractivity contribution in [2.75, 3.05) is 13.1 Å². The third kappa shape index (κ3) is 3.61. The lowest BCUT2D eigenvalue weighted by Crippen LogP contribution is -2.31. The fraction of sp³-hybridized carbons (Fsp3) is 1.00. The normalized spacial score (nSPS) is 33.2. The monoisotopic (exact) mass is 197 g/mol. The van der Waals surface area contributed by atoms with Gasteiger partial charge in [-0.1, -0.05) is 40.0 Å². The Labute approximate surface area is 89.7 Å². The Morgan fingerprint density at radius 3 is 2.57 bits per heavy atom. The van der Waals surface area contributed by atoms with Crippen molar-refractivity contribution in [3.8, 4) is 0 Å². The quantitative estimate of drug-likeness (QED) is 0.712. The Balaban J connectivity index is 2.24. The molecule has 0 aliphatic heterocycles. The SMILES string of the molecule is CCCC1CCC(CNCC)C(C)C1. The van der Waals surface area contributed by atoms with Crippen molar-refractivity contribution in [2.45, 2.75) is 52.9 Å². The fourth-order valence-corrected chi connectivity index (χ4v) is 2.87. The maximum atomic E-state index is 3.50. The van der Waals surface area contributed by atoms with Crippen LogP contribution in [0.1, 0.15) is 52.9 Å². The van der Waals surface area contributed by atoms with E-state index in [9.17, 15) is 0 Å². The highest BCUT2D eigenvalue weighted by Gasteiger charge is 2.26. The highest BCUT2D eigenvalue weighted by atomic mass is 14.8. The summed E-state index contributed by atoms with van der Waals surface area (Å²) in [5, 5.41) is 3.50. The van der Waals surface area contributed by atoms with E-state index in [0.29, 0.717) is 0 Å². The molecule has 14 heavy (non-hydrogen) atoms. The summed E-state index contributed by atoms with van der Waals surface area (Å²) in [5.74, 6) is 2.93. The third-order valence-corrected chi connectivity index (χ3v) is 3.81. The second kappa shape index (κ2) is 6.44. The molecule has 0 radical (unpaired) electrons. The van der Waals surface area contributed by atoms with E-state index in [2.05, 4.69) is 26.1 Å². The molecular weight excluding hydrogens is 170 g/mol.